The zero-order chi connectivity index (χ0) is 20.5. The Morgan fingerprint density at radius 1 is 1.03 bits per heavy atom. The van der Waals surface area contributed by atoms with E-state index in [2.05, 4.69) is 5.32 Å². The van der Waals surface area contributed by atoms with Gasteiger partial charge in [0.1, 0.15) is 5.75 Å². The van der Waals surface area contributed by atoms with Gasteiger partial charge in [-0.3, -0.25) is 4.79 Å². The molecule has 0 saturated heterocycles. The van der Waals surface area contributed by atoms with Crippen LogP contribution in [0.4, 0.5) is 0 Å². The Morgan fingerprint density at radius 2 is 1.72 bits per heavy atom. The van der Waals surface area contributed by atoms with Crippen LogP contribution in [0.25, 0.3) is 0 Å². The van der Waals surface area contributed by atoms with Crippen LogP contribution in [0.3, 0.4) is 0 Å². The minimum Gasteiger partial charge on any atom is -0.494 e. The van der Waals surface area contributed by atoms with Crippen LogP contribution >= 0.6 is 0 Å². The van der Waals surface area contributed by atoms with Crippen molar-refractivity contribution < 1.29 is 19.0 Å². The van der Waals surface area contributed by atoms with Gasteiger partial charge in [0, 0.05) is 26.2 Å². The van der Waals surface area contributed by atoms with Gasteiger partial charge >= 0.3 is 0 Å². The third kappa shape index (κ3) is 5.36. The maximum atomic E-state index is 12.2. The van der Waals surface area contributed by atoms with E-state index in [0.29, 0.717) is 24.5 Å². The molecule has 1 amide bonds. The second kappa shape index (κ2) is 9.75. The van der Waals surface area contributed by atoms with Gasteiger partial charge in [0.25, 0.3) is 5.79 Å². The molecule has 0 spiro atoms. The van der Waals surface area contributed by atoms with Gasteiger partial charge in [0.2, 0.25) is 5.91 Å². The van der Waals surface area contributed by atoms with Crippen molar-refractivity contribution in [1.29, 1.82) is 0 Å². The van der Waals surface area contributed by atoms with Crippen molar-refractivity contribution in [3.8, 4) is 5.75 Å². The highest BCUT2D eigenvalue weighted by Gasteiger charge is 2.41. The van der Waals surface area contributed by atoms with E-state index in [1.165, 1.54) is 6.08 Å². The number of amides is 1. The molecule has 5 heteroatoms. The van der Waals surface area contributed by atoms with Crippen molar-refractivity contribution >= 4 is 5.91 Å². The fourth-order valence-electron chi connectivity index (χ4n) is 3.07. The molecule has 0 heterocycles. The Bertz CT molecular complexity index is 903. The Morgan fingerprint density at radius 3 is 2.38 bits per heavy atom. The lowest BCUT2D eigenvalue weighted by Gasteiger charge is -2.36. The fraction of sp³-hybridized carbons (Fsp3) is 0.208. The van der Waals surface area contributed by atoms with Crippen LogP contribution in [0.2, 0.25) is 0 Å². The fourth-order valence-corrected chi connectivity index (χ4v) is 3.07. The molecule has 1 aliphatic carbocycles. The maximum Gasteiger partial charge on any atom is 0.272 e. The number of carbonyl (C=O) groups excluding carboxylic acids is 1. The molecular weight excluding hydrogens is 366 g/mol. The minimum atomic E-state index is -1.09. The average Bonchev–Trinajstić information content (AvgIpc) is 2.77. The Hall–Kier alpha value is -3.31. The van der Waals surface area contributed by atoms with Crippen molar-refractivity contribution in [2.45, 2.75) is 18.8 Å². The number of para-hydroxylation sites is 1. The smallest absolute Gasteiger partial charge is 0.272 e. The highest BCUT2D eigenvalue weighted by atomic mass is 16.7. The Labute approximate surface area is 171 Å². The monoisotopic (exact) mass is 391 g/mol. The predicted octanol–water partition coefficient (Wildman–Crippen LogP) is 4.14. The zero-order valence-electron chi connectivity index (χ0n) is 16.6. The molecule has 1 atom stereocenters. The summed E-state index contributed by atoms with van der Waals surface area (Å²) in [7, 11) is 3.16. The third-order valence-corrected chi connectivity index (χ3v) is 4.59. The van der Waals surface area contributed by atoms with Crippen molar-refractivity contribution in [2.24, 2.45) is 0 Å². The molecule has 0 radical (unpaired) electrons. The number of hydrogen-bond donors (Lipinski definition) is 1. The van der Waals surface area contributed by atoms with Crippen LogP contribution in [0, 0.1) is 0 Å². The van der Waals surface area contributed by atoms with E-state index in [1.807, 2.05) is 66.7 Å². The lowest BCUT2D eigenvalue weighted by atomic mass is 9.96. The second-order valence-electron chi connectivity index (χ2n) is 6.56. The third-order valence-electron chi connectivity index (χ3n) is 4.59. The molecule has 1 unspecified atom stereocenters. The van der Waals surface area contributed by atoms with Crippen molar-refractivity contribution in [1.82, 2.24) is 5.32 Å². The topological polar surface area (TPSA) is 56.8 Å². The number of rotatable bonds is 8. The van der Waals surface area contributed by atoms with E-state index >= 15 is 0 Å². The summed E-state index contributed by atoms with van der Waals surface area (Å²) in [6, 6.07) is 19.2. The van der Waals surface area contributed by atoms with Crippen LogP contribution in [-0.2, 0) is 20.8 Å². The first-order chi connectivity index (χ1) is 14.1. The van der Waals surface area contributed by atoms with Crippen molar-refractivity contribution in [3.63, 3.8) is 0 Å². The summed E-state index contributed by atoms with van der Waals surface area (Å²) in [6.45, 7) is 0.482. The molecule has 150 valence electrons. The molecule has 0 fully saturated rings. The summed E-state index contributed by atoms with van der Waals surface area (Å²) in [5.41, 5.74) is 1.94. The highest BCUT2D eigenvalue weighted by Crippen LogP contribution is 2.35. The molecule has 2 aromatic carbocycles. The summed E-state index contributed by atoms with van der Waals surface area (Å²) in [5, 5.41) is 2.88. The predicted molar refractivity (Wildman–Crippen MR) is 112 cm³/mol. The molecule has 3 rings (SSSR count). The van der Waals surface area contributed by atoms with Gasteiger partial charge < -0.3 is 19.5 Å². The first-order valence-corrected chi connectivity index (χ1v) is 9.39. The molecule has 1 N–H and O–H groups in total. The molecular formula is C24H25NO4. The van der Waals surface area contributed by atoms with E-state index in [9.17, 15) is 4.79 Å². The number of allylic oxidation sites excluding steroid dienone is 3. The van der Waals surface area contributed by atoms with Crippen LogP contribution in [-0.4, -0.2) is 25.9 Å². The van der Waals surface area contributed by atoms with E-state index in [4.69, 9.17) is 14.2 Å². The van der Waals surface area contributed by atoms with E-state index in [0.717, 1.165) is 11.1 Å². The number of benzene rings is 2. The van der Waals surface area contributed by atoms with Crippen molar-refractivity contribution in [3.05, 3.63) is 102 Å². The summed E-state index contributed by atoms with van der Waals surface area (Å²) in [6.07, 6.45) is 7.39. The number of ether oxygens (including phenoxy) is 3. The van der Waals surface area contributed by atoms with Crippen LogP contribution in [0.15, 0.2) is 96.3 Å². The quantitative estimate of drug-likeness (QED) is 0.543. The van der Waals surface area contributed by atoms with E-state index < -0.39 is 5.79 Å². The van der Waals surface area contributed by atoms with Crippen LogP contribution in [0.1, 0.15) is 12.0 Å². The number of nitrogens with one attached hydrogen (secondary N) is 1. The maximum absolute atomic E-state index is 12.2. The molecule has 0 aromatic heterocycles. The zero-order valence-corrected chi connectivity index (χ0v) is 16.6. The van der Waals surface area contributed by atoms with E-state index in [1.54, 1.807) is 26.4 Å². The SMILES string of the molecule is COC1=CC=C(/C=C/C(=O)NCc2ccccc2)CC1(OC)Oc1ccccc1. The normalized spacial score (nSPS) is 18.7. The standard InChI is InChI=1S/C24H25NO4/c1-27-22-15-13-19(14-16-23(26)25-18-20-9-5-3-6-10-20)17-24(22,28-2)29-21-11-7-4-8-12-21/h3-16H,17-18H2,1-2H3,(H,25,26)/b16-14+. The molecule has 0 aliphatic heterocycles. The van der Waals surface area contributed by atoms with Crippen LogP contribution in [0.5, 0.6) is 5.75 Å². The minimum absolute atomic E-state index is 0.164. The molecule has 2 aromatic rings. The molecule has 0 bridgehead atoms. The first kappa shape index (κ1) is 20.4. The molecule has 0 saturated carbocycles. The van der Waals surface area contributed by atoms with Gasteiger partial charge in [-0.2, -0.15) is 0 Å². The number of methoxy groups -OCH3 is 2. The largest absolute Gasteiger partial charge is 0.494 e. The van der Waals surface area contributed by atoms with Gasteiger partial charge in [0.15, 0.2) is 5.76 Å². The molecule has 5 nitrogen and oxygen atoms in total. The number of hydrogen-bond acceptors (Lipinski definition) is 4. The van der Waals surface area contributed by atoms with Crippen LogP contribution < -0.4 is 10.1 Å². The summed E-state index contributed by atoms with van der Waals surface area (Å²) >= 11 is 0. The molecule has 29 heavy (non-hydrogen) atoms. The average molecular weight is 391 g/mol. The lowest BCUT2D eigenvalue weighted by Crippen LogP contribution is -2.42. The van der Waals surface area contributed by atoms with Gasteiger partial charge in [0.05, 0.1) is 7.11 Å². The van der Waals surface area contributed by atoms with Gasteiger partial charge in [-0.25, -0.2) is 0 Å². The van der Waals surface area contributed by atoms with Gasteiger partial charge in [-0.05, 0) is 29.3 Å². The first-order valence-electron chi connectivity index (χ1n) is 9.39. The second-order valence-corrected chi connectivity index (χ2v) is 6.56. The Balaban J connectivity index is 1.68. The summed E-state index contributed by atoms with van der Waals surface area (Å²) in [5.74, 6) is -0.0219. The summed E-state index contributed by atoms with van der Waals surface area (Å²) < 4.78 is 17.4. The van der Waals surface area contributed by atoms with Crippen molar-refractivity contribution in [2.75, 3.05) is 14.2 Å². The van der Waals surface area contributed by atoms with E-state index in [-0.39, 0.29) is 5.91 Å². The highest BCUT2D eigenvalue weighted by molar-refractivity contribution is 5.87. The summed E-state index contributed by atoms with van der Waals surface area (Å²) in [4.78, 5) is 12.2. The Kier molecular flexibility index (Phi) is 6.87. The van der Waals surface area contributed by atoms with Gasteiger partial charge in [-0.1, -0.05) is 60.7 Å². The molecule has 1 aliphatic rings. The lowest BCUT2D eigenvalue weighted by molar-refractivity contribution is -0.159. The van der Waals surface area contributed by atoms with Gasteiger partial charge in [-0.15, -0.1) is 0 Å². The number of carbonyl (C=O) groups is 1.